The average molecular weight is 254 g/mol. The van der Waals surface area contributed by atoms with Crippen LogP contribution in [0, 0.1) is 0 Å². The van der Waals surface area contributed by atoms with Crippen LogP contribution >= 0.6 is 11.6 Å². The van der Waals surface area contributed by atoms with Gasteiger partial charge >= 0.3 is 0 Å². The molecule has 2 rings (SSSR count). The van der Waals surface area contributed by atoms with Gasteiger partial charge in [-0.05, 0) is 30.5 Å². The minimum absolute atomic E-state index is 0.0689. The van der Waals surface area contributed by atoms with Crippen molar-refractivity contribution in [3.63, 3.8) is 0 Å². The maximum atomic E-state index is 9.59. The molecule has 17 heavy (non-hydrogen) atoms. The van der Waals surface area contributed by atoms with E-state index >= 15 is 0 Å². The third-order valence-electron chi connectivity index (χ3n) is 3.67. The molecule has 1 aliphatic carbocycles. The minimum atomic E-state index is -0.0689. The highest BCUT2D eigenvalue weighted by molar-refractivity contribution is 6.30. The Labute approximate surface area is 108 Å². The van der Waals surface area contributed by atoms with E-state index in [0.29, 0.717) is 0 Å². The lowest BCUT2D eigenvalue weighted by atomic mass is 9.82. The molecule has 2 nitrogen and oxygen atoms in total. The van der Waals surface area contributed by atoms with E-state index in [4.69, 9.17) is 11.6 Å². The number of nitrogens with one attached hydrogen (secondary N) is 1. The Hall–Kier alpha value is -0.570. The van der Waals surface area contributed by atoms with Crippen LogP contribution in [0.1, 0.15) is 37.7 Å². The molecule has 0 heterocycles. The highest BCUT2D eigenvalue weighted by atomic mass is 35.5. The van der Waals surface area contributed by atoms with Crippen molar-refractivity contribution in [2.45, 2.75) is 44.2 Å². The van der Waals surface area contributed by atoms with E-state index in [1.165, 1.54) is 24.8 Å². The van der Waals surface area contributed by atoms with Crippen molar-refractivity contribution in [3.8, 4) is 0 Å². The zero-order valence-corrected chi connectivity index (χ0v) is 10.8. The van der Waals surface area contributed by atoms with E-state index < -0.39 is 0 Å². The summed E-state index contributed by atoms with van der Waals surface area (Å²) < 4.78 is 0. The van der Waals surface area contributed by atoms with Gasteiger partial charge in [-0.2, -0.15) is 0 Å². The topological polar surface area (TPSA) is 32.3 Å². The summed E-state index contributed by atoms with van der Waals surface area (Å²) in [7, 11) is 0. The standard InChI is InChI=1S/C14H20ClNO/c15-13-6-4-5-12(9-13)10-16-14(11-17)7-2-1-3-8-14/h4-6,9,16-17H,1-3,7-8,10-11H2. The first-order valence-corrected chi connectivity index (χ1v) is 6.72. The monoisotopic (exact) mass is 253 g/mol. The summed E-state index contributed by atoms with van der Waals surface area (Å²) in [6, 6.07) is 7.88. The molecule has 0 aromatic heterocycles. The summed E-state index contributed by atoms with van der Waals surface area (Å²) in [4.78, 5) is 0. The Balaban J connectivity index is 1.95. The maximum absolute atomic E-state index is 9.59. The lowest BCUT2D eigenvalue weighted by molar-refractivity contribution is 0.119. The largest absolute Gasteiger partial charge is 0.394 e. The van der Waals surface area contributed by atoms with Crippen LogP contribution in [0.2, 0.25) is 5.02 Å². The lowest BCUT2D eigenvalue weighted by Gasteiger charge is -2.36. The molecule has 0 atom stereocenters. The highest BCUT2D eigenvalue weighted by Crippen LogP contribution is 2.28. The first-order chi connectivity index (χ1) is 8.24. The molecule has 1 aromatic rings. The van der Waals surface area contributed by atoms with Crippen LogP contribution in [0.15, 0.2) is 24.3 Å². The second kappa shape index (κ2) is 5.85. The van der Waals surface area contributed by atoms with Gasteiger partial charge in [0.25, 0.3) is 0 Å². The van der Waals surface area contributed by atoms with Crippen LogP contribution in [0.3, 0.4) is 0 Å². The van der Waals surface area contributed by atoms with Gasteiger partial charge in [-0.1, -0.05) is 43.0 Å². The zero-order valence-electron chi connectivity index (χ0n) is 10.1. The first kappa shape index (κ1) is 12.9. The predicted molar refractivity (Wildman–Crippen MR) is 71.2 cm³/mol. The summed E-state index contributed by atoms with van der Waals surface area (Å²) in [5.74, 6) is 0. The molecular weight excluding hydrogens is 234 g/mol. The van der Waals surface area contributed by atoms with Gasteiger partial charge in [0.15, 0.2) is 0 Å². The van der Waals surface area contributed by atoms with Gasteiger partial charge in [-0.3, -0.25) is 0 Å². The molecule has 2 N–H and O–H groups in total. The van der Waals surface area contributed by atoms with Crippen molar-refractivity contribution in [1.82, 2.24) is 5.32 Å². The lowest BCUT2D eigenvalue weighted by Crippen LogP contribution is -2.49. The van der Waals surface area contributed by atoms with E-state index in [1.54, 1.807) is 0 Å². The Bertz CT molecular complexity index is 361. The summed E-state index contributed by atoms with van der Waals surface area (Å²) in [5.41, 5.74) is 1.11. The fourth-order valence-corrected chi connectivity index (χ4v) is 2.77. The van der Waals surface area contributed by atoms with E-state index in [0.717, 1.165) is 24.4 Å². The SMILES string of the molecule is OCC1(NCc2cccc(Cl)c2)CCCCC1. The summed E-state index contributed by atoms with van der Waals surface area (Å²) >= 11 is 5.96. The zero-order chi connectivity index (χ0) is 12.1. The van der Waals surface area contributed by atoms with Gasteiger partial charge in [0.1, 0.15) is 0 Å². The molecule has 0 spiro atoms. The van der Waals surface area contributed by atoms with Crippen LogP contribution in [0.4, 0.5) is 0 Å². The predicted octanol–water partition coefficient (Wildman–Crippen LogP) is 3.12. The average Bonchev–Trinajstić information content (AvgIpc) is 2.38. The van der Waals surface area contributed by atoms with E-state index in [2.05, 4.69) is 11.4 Å². The van der Waals surface area contributed by atoms with Gasteiger partial charge in [-0.25, -0.2) is 0 Å². The molecule has 0 unspecified atom stereocenters. The minimum Gasteiger partial charge on any atom is -0.394 e. The van der Waals surface area contributed by atoms with Crippen molar-refractivity contribution in [1.29, 1.82) is 0 Å². The van der Waals surface area contributed by atoms with Crippen LogP contribution in [-0.2, 0) is 6.54 Å². The number of benzene rings is 1. The fraction of sp³-hybridized carbons (Fsp3) is 0.571. The molecule has 3 heteroatoms. The van der Waals surface area contributed by atoms with Crippen LogP contribution in [-0.4, -0.2) is 17.3 Å². The molecule has 1 aromatic carbocycles. The third kappa shape index (κ3) is 3.44. The van der Waals surface area contributed by atoms with Crippen molar-refractivity contribution in [3.05, 3.63) is 34.9 Å². The van der Waals surface area contributed by atoms with Crippen LogP contribution in [0.25, 0.3) is 0 Å². The quantitative estimate of drug-likeness (QED) is 0.864. The molecule has 1 fully saturated rings. The molecule has 1 saturated carbocycles. The number of hydrogen-bond donors (Lipinski definition) is 2. The maximum Gasteiger partial charge on any atom is 0.0613 e. The van der Waals surface area contributed by atoms with Gasteiger partial charge in [0, 0.05) is 17.1 Å². The Morgan fingerprint density at radius 3 is 2.65 bits per heavy atom. The molecule has 0 saturated heterocycles. The smallest absolute Gasteiger partial charge is 0.0613 e. The Morgan fingerprint density at radius 2 is 2.00 bits per heavy atom. The summed E-state index contributed by atoms with van der Waals surface area (Å²) in [6.07, 6.45) is 5.86. The molecule has 0 aliphatic heterocycles. The Kier molecular flexibility index (Phi) is 4.43. The van der Waals surface area contributed by atoms with Gasteiger partial charge in [0.2, 0.25) is 0 Å². The molecule has 94 valence electrons. The van der Waals surface area contributed by atoms with E-state index in [-0.39, 0.29) is 12.1 Å². The summed E-state index contributed by atoms with van der Waals surface area (Å²) in [6.45, 7) is 1.01. The van der Waals surface area contributed by atoms with Crippen LogP contribution in [0.5, 0.6) is 0 Å². The number of halogens is 1. The number of aliphatic hydroxyl groups excluding tert-OH is 1. The first-order valence-electron chi connectivity index (χ1n) is 6.34. The van der Waals surface area contributed by atoms with E-state index in [9.17, 15) is 5.11 Å². The molecular formula is C14H20ClNO. The molecule has 0 amide bonds. The molecule has 0 bridgehead atoms. The van der Waals surface area contributed by atoms with Crippen LogP contribution < -0.4 is 5.32 Å². The summed E-state index contributed by atoms with van der Waals surface area (Å²) in [5, 5.41) is 13.9. The molecule has 1 aliphatic rings. The fourth-order valence-electron chi connectivity index (χ4n) is 2.56. The molecule has 0 radical (unpaired) electrons. The van der Waals surface area contributed by atoms with Crippen molar-refractivity contribution in [2.75, 3.05) is 6.61 Å². The third-order valence-corrected chi connectivity index (χ3v) is 3.90. The van der Waals surface area contributed by atoms with Gasteiger partial charge in [0.05, 0.1) is 6.61 Å². The number of aliphatic hydroxyl groups is 1. The number of hydrogen-bond acceptors (Lipinski definition) is 2. The Morgan fingerprint density at radius 1 is 1.24 bits per heavy atom. The normalized spacial score (nSPS) is 19.2. The van der Waals surface area contributed by atoms with Gasteiger partial charge < -0.3 is 10.4 Å². The van der Waals surface area contributed by atoms with Crippen molar-refractivity contribution in [2.24, 2.45) is 0 Å². The van der Waals surface area contributed by atoms with Crippen molar-refractivity contribution < 1.29 is 5.11 Å². The van der Waals surface area contributed by atoms with E-state index in [1.807, 2.05) is 18.2 Å². The number of rotatable bonds is 4. The second-order valence-corrected chi connectivity index (χ2v) is 5.42. The van der Waals surface area contributed by atoms with Crippen molar-refractivity contribution >= 4 is 11.6 Å². The van der Waals surface area contributed by atoms with Gasteiger partial charge in [-0.15, -0.1) is 0 Å². The highest BCUT2D eigenvalue weighted by Gasteiger charge is 2.30. The second-order valence-electron chi connectivity index (χ2n) is 4.98.